The number of hydrogen-bond acceptors (Lipinski definition) is 3. The van der Waals surface area contributed by atoms with E-state index in [1.807, 2.05) is 18.2 Å². The number of benzene rings is 1. The van der Waals surface area contributed by atoms with Crippen molar-refractivity contribution in [2.45, 2.75) is 25.3 Å². The molecule has 1 aromatic heterocycles. The highest BCUT2D eigenvalue weighted by Gasteiger charge is 2.29. The first kappa shape index (κ1) is 12.6. The number of piperidine rings is 1. The lowest BCUT2D eigenvalue weighted by molar-refractivity contribution is 0.0892. The number of carbonyl (C=O) groups is 1. The van der Waals surface area contributed by atoms with Gasteiger partial charge in [0, 0.05) is 10.2 Å². The van der Waals surface area contributed by atoms with Gasteiger partial charge in [-0.25, -0.2) is 0 Å². The van der Waals surface area contributed by atoms with Crippen LogP contribution < -0.4 is 10.6 Å². The van der Waals surface area contributed by atoms with Crippen LogP contribution in [0, 0.1) is 0 Å². The fraction of sp³-hybridized carbons (Fsp3) is 0.400. The fourth-order valence-corrected chi connectivity index (χ4v) is 3.49. The lowest BCUT2D eigenvalue weighted by Gasteiger charge is -2.34. The number of nitrogens with one attached hydrogen (secondary N) is 2. The molecule has 1 fully saturated rings. The molecule has 2 N–H and O–H groups in total. The van der Waals surface area contributed by atoms with E-state index in [-0.39, 0.29) is 11.4 Å². The van der Waals surface area contributed by atoms with E-state index in [0.29, 0.717) is 0 Å². The van der Waals surface area contributed by atoms with Crippen LogP contribution in [0.1, 0.15) is 29.4 Å². The van der Waals surface area contributed by atoms with Crippen molar-refractivity contribution in [2.75, 3.05) is 13.1 Å². The van der Waals surface area contributed by atoms with Gasteiger partial charge in [0.15, 0.2) is 0 Å². The zero-order chi connectivity index (χ0) is 13.3. The molecule has 1 amide bonds. The molecule has 3 rings (SSSR count). The van der Waals surface area contributed by atoms with E-state index < -0.39 is 0 Å². The minimum absolute atomic E-state index is 0.0607. The average Bonchev–Trinajstić information content (AvgIpc) is 2.83. The van der Waals surface area contributed by atoms with Gasteiger partial charge in [0.05, 0.1) is 4.88 Å². The maximum absolute atomic E-state index is 12.4. The van der Waals surface area contributed by atoms with E-state index in [1.165, 1.54) is 4.70 Å². The van der Waals surface area contributed by atoms with Crippen molar-refractivity contribution in [3.8, 4) is 0 Å². The van der Waals surface area contributed by atoms with Gasteiger partial charge in [0.2, 0.25) is 0 Å². The van der Waals surface area contributed by atoms with Gasteiger partial charge in [-0.05, 0) is 50.4 Å². The van der Waals surface area contributed by atoms with Gasteiger partial charge >= 0.3 is 0 Å². The summed E-state index contributed by atoms with van der Waals surface area (Å²) < 4.78 is 1.17. The Bertz CT molecular complexity index is 566. The predicted octanol–water partition coefficient (Wildman–Crippen LogP) is 2.77. The van der Waals surface area contributed by atoms with Crippen molar-refractivity contribution in [3.63, 3.8) is 0 Å². The van der Waals surface area contributed by atoms with E-state index in [0.717, 1.165) is 36.2 Å². The molecule has 1 aliphatic rings. The van der Waals surface area contributed by atoms with Gasteiger partial charge in [0.1, 0.15) is 0 Å². The Labute approximate surface area is 117 Å². The standard InChI is InChI=1S/C15H18N2OS/c1-15(6-8-16-9-7-15)17-14(18)13-10-11-4-2-3-5-12(11)19-13/h2-5,10,16H,6-9H2,1H3,(H,17,18). The number of rotatable bonds is 2. The molecule has 0 saturated carbocycles. The molecule has 3 nitrogen and oxygen atoms in total. The van der Waals surface area contributed by atoms with Gasteiger partial charge in [0.25, 0.3) is 5.91 Å². The molecule has 1 aromatic carbocycles. The summed E-state index contributed by atoms with van der Waals surface area (Å²) in [6, 6.07) is 10.1. The molecule has 2 aromatic rings. The Balaban J connectivity index is 1.79. The largest absolute Gasteiger partial charge is 0.346 e. The number of carbonyl (C=O) groups excluding carboxylic acids is 1. The summed E-state index contributed by atoms with van der Waals surface area (Å²) in [6.07, 6.45) is 1.98. The molecule has 2 heterocycles. The zero-order valence-electron chi connectivity index (χ0n) is 11.0. The Morgan fingerprint density at radius 3 is 2.79 bits per heavy atom. The fourth-order valence-electron chi connectivity index (χ4n) is 2.53. The van der Waals surface area contributed by atoms with Crippen LogP contribution in [0.4, 0.5) is 0 Å². The Morgan fingerprint density at radius 2 is 2.05 bits per heavy atom. The molecule has 100 valence electrons. The second-order valence-electron chi connectivity index (χ2n) is 5.41. The van der Waals surface area contributed by atoms with E-state index in [9.17, 15) is 4.79 Å². The molecule has 0 spiro atoms. The SMILES string of the molecule is CC1(NC(=O)c2cc3ccccc3s2)CCNCC1. The molecule has 0 atom stereocenters. The molecule has 0 radical (unpaired) electrons. The van der Waals surface area contributed by atoms with E-state index in [1.54, 1.807) is 11.3 Å². The Hall–Kier alpha value is -1.39. The van der Waals surface area contributed by atoms with Gasteiger partial charge in [-0.1, -0.05) is 18.2 Å². The van der Waals surface area contributed by atoms with Crippen LogP contribution in [0.5, 0.6) is 0 Å². The topological polar surface area (TPSA) is 41.1 Å². The Morgan fingerprint density at radius 1 is 1.32 bits per heavy atom. The summed E-state index contributed by atoms with van der Waals surface area (Å²) >= 11 is 1.56. The van der Waals surface area contributed by atoms with E-state index in [4.69, 9.17) is 0 Å². The van der Waals surface area contributed by atoms with Crippen LogP contribution in [-0.4, -0.2) is 24.5 Å². The van der Waals surface area contributed by atoms with Gasteiger partial charge < -0.3 is 10.6 Å². The number of fused-ring (bicyclic) bond motifs is 1. The van der Waals surface area contributed by atoms with Crippen molar-refractivity contribution in [1.82, 2.24) is 10.6 Å². The molecular formula is C15H18N2OS. The van der Waals surface area contributed by atoms with Crippen molar-refractivity contribution >= 4 is 27.3 Å². The van der Waals surface area contributed by atoms with Crippen LogP contribution in [0.25, 0.3) is 10.1 Å². The van der Waals surface area contributed by atoms with Crippen molar-refractivity contribution in [3.05, 3.63) is 35.2 Å². The monoisotopic (exact) mass is 274 g/mol. The first-order chi connectivity index (χ1) is 9.16. The summed E-state index contributed by atoms with van der Waals surface area (Å²) in [4.78, 5) is 13.2. The van der Waals surface area contributed by atoms with Gasteiger partial charge in [-0.2, -0.15) is 0 Å². The third-order valence-corrected chi connectivity index (χ3v) is 4.89. The maximum Gasteiger partial charge on any atom is 0.261 e. The summed E-state index contributed by atoms with van der Waals surface area (Å²) in [5.41, 5.74) is -0.0709. The van der Waals surface area contributed by atoms with E-state index >= 15 is 0 Å². The van der Waals surface area contributed by atoms with Crippen LogP contribution in [0.15, 0.2) is 30.3 Å². The van der Waals surface area contributed by atoms with Crippen molar-refractivity contribution < 1.29 is 4.79 Å². The number of hydrogen-bond donors (Lipinski definition) is 2. The minimum Gasteiger partial charge on any atom is -0.346 e. The molecule has 19 heavy (non-hydrogen) atoms. The highest BCUT2D eigenvalue weighted by molar-refractivity contribution is 7.20. The molecule has 0 aliphatic carbocycles. The van der Waals surface area contributed by atoms with Gasteiger partial charge in [-0.3, -0.25) is 4.79 Å². The maximum atomic E-state index is 12.4. The second-order valence-corrected chi connectivity index (χ2v) is 6.50. The van der Waals surface area contributed by atoms with Crippen molar-refractivity contribution in [1.29, 1.82) is 0 Å². The minimum atomic E-state index is -0.0709. The van der Waals surface area contributed by atoms with Crippen LogP contribution in [0.3, 0.4) is 0 Å². The molecule has 0 unspecified atom stereocenters. The summed E-state index contributed by atoms with van der Waals surface area (Å²) in [7, 11) is 0. The summed E-state index contributed by atoms with van der Waals surface area (Å²) in [5.74, 6) is 0.0607. The normalized spacial score (nSPS) is 18.4. The van der Waals surface area contributed by atoms with Gasteiger partial charge in [-0.15, -0.1) is 11.3 Å². The average molecular weight is 274 g/mol. The lowest BCUT2D eigenvalue weighted by atomic mass is 9.90. The number of thiophene rings is 1. The molecule has 1 aliphatic heterocycles. The zero-order valence-corrected chi connectivity index (χ0v) is 11.8. The van der Waals surface area contributed by atoms with Crippen LogP contribution >= 0.6 is 11.3 Å². The smallest absolute Gasteiger partial charge is 0.261 e. The molecular weight excluding hydrogens is 256 g/mol. The predicted molar refractivity (Wildman–Crippen MR) is 79.8 cm³/mol. The van der Waals surface area contributed by atoms with E-state index in [2.05, 4.69) is 29.7 Å². The van der Waals surface area contributed by atoms with Crippen LogP contribution in [-0.2, 0) is 0 Å². The van der Waals surface area contributed by atoms with Crippen LogP contribution in [0.2, 0.25) is 0 Å². The highest BCUT2D eigenvalue weighted by atomic mass is 32.1. The Kier molecular flexibility index (Phi) is 3.29. The first-order valence-electron chi connectivity index (χ1n) is 6.68. The lowest BCUT2D eigenvalue weighted by Crippen LogP contribution is -2.52. The highest BCUT2D eigenvalue weighted by Crippen LogP contribution is 2.26. The summed E-state index contributed by atoms with van der Waals surface area (Å²) in [5, 5.41) is 7.68. The first-order valence-corrected chi connectivity index (χ1v) is 7.50. The van der Waals surface area contributed by atoms with Crippen molar-refractivity contribution in [2.24, 2.45) is 0 Å². The third-order valence-electron chi connectivity index (χ3n) is 3.77. The third kappa shape index (κ3) is 2.65. The quantitative estimate of drug-likeness (QED) is 0.884. The molecule has 1 saturated heterocycles. The molecule has 4 heteroatoms. The second kappa shape index (κ2) is 4.94. The number of amides is 1. The summed E-state index contributed by atoms with van der Waals surface area (Å²) in [6.45, 7) is 4.09. The molecule has 0 bridgehead atoms.